The zero-order chi connectivity index (χ0) is 16.1. The molecular weight excluding hydrogens is 287 g/mol. The summed E-state index contributed by atoms with van der Waals surface area (Å²) < 4.78 is 18.0. The zero-order valence-electron chi connectivity index (χ0n) is 12.8. The molecule has 1 atom stereocenters. The molecule has 0 aliphatic carbocycles. The maximum absolute atomic E-state index is 12.7. The average Bonchev–Trinajstić information content (AvgIpc) is 2.86. The van der Waals surface area contributed by atoms with Gasteiger partial charge in [-0.15, -0.1) is 0 Å². The normalized spacial score (nSPS) is 17.9. The van der Waals surface area contributed by atoms with Crippen molar-refractivity contribution in [2.45, 2.75) is 26.3 Å². The number of hydrogen-bond acceptors (Lipinski definition) is 3. The largest absolute Gasteiger partial charge is 0.484 e. The van der Waals surface area contributed by atoms with Crippen LogP contribution in [0.1, 0.15) is 20.3 Å². The summed E-state index contributed by atoms with van der Waals surface area (Å²) in [6.45, 7) is 4.97. The van der Waals surface area contributed by atoms with Crippen LogP contribution in [0.3, 0.4) is 0 Å². The van der Waals surface area contributed by atoms with E-state index in [1.807, 2.05) is 18.7 Å². The van der Waals surface area contributed by atoms with Gasteiger partial charge in [-0.1, -0.05) is 0 Å². The molecule has 1 fully saturated rings. The Bertz CT molecular complexity index is 531. The highest BCUT2D eigenvalue weighted by Crippen LogP contribution is 2.19. The third kappa shape index (κ3) is 4.44. The predicted octanol–water partition coefficient (Wildman–Crippen LogP) is 1.58. The second kappa shape index (κ2) is 7.24. The van der Waals surface area contributed by atoms with Crippen molar-refractivity contribution in [1.29, 1.82) is 0 Å². The van der Waals surface area contributed by atoms with Gasteiger partial charge in [0.25, 0.3) is 5.91 Å². The van der Waals surface area contributed by atoms with Gasteiger partial charge < -0.3 is 15.0 Å². The molecular formula is C16H21FN2O3. The molecule has 1 heterocycles. The first-order chi connectivity index (χ1) is 10.5. The van der Waals surface area contributed by atoms with Gasteiger partial charge in [0.05, 0.1) is 0 Å². The number of nitrogens with one attached hydrogen (secondary N) is 1. The van der Waals surface area contributed by atoms with Gasteiger partial charge >= 0.3 is 0 Å². The molecule has 120 valence electrons. The predicted molar refractivity (Wildman–Crippen MR) is 79.9 cm³/mol. The first kappa shape index (κ1) is 16.3. The van der Waals surface area contributed by atoms with Gasteiger partial charge in [-0.25, -0.2) is 4.39 Å². The molecule has 1 N–H and O–H groups in total. The van der Waals surface area contributed by atoms with Crippen molar-refractivity contribution in [3.63, 3.8) is 0 Å². The van der Waals surface area contributed by atoms with E-state index in [1.54, 1.807) is 0 Å². The van der Waals surface area contributed by atoms with Gasteiger partial charge in [0.2, 0.25) is 5.91 Å². The van der Waals surface area contributed by atoms with Crippen molar-refractivity contribution in [1.82, 2.24) is 10.2 Å². The van der Waals surface area contributed by atoms with Gasteiger partial charge in [0.15, 0.2) is 6.61 Å². The second-order valence-corrected chi connectivity index (χ2v) is 5.76. The summed E-state index contributed by atoms with van der Waals surface area (Å²) >= 11 is 0. The van der Waals surface area contributed by atoms with Gasteiger partial charge in [-0.05, 0) is 38.1 Å². The minimum absolute atomic E-state index is 0.125. The Morgan fingerprint density at radius 3 is 2.68 bits per heavy atom. The van der Waals surface area contributed by atoms with E-state index < -0.39 is 0 Å². The molecule has 1 aromatic carbocycles. The molecule has 2 rings (SSSR count). The Kier molecular flexibility index (Phi) is 5.35. The Balaban J connectivity index is 1.70. The first-order valence-corrected chi connectivity index (χ1v) is 7.40. The lowest BCUT2D eigenvalue weighted by Gasteiger charge is -2.21. The van der Waals surface area contributed by atoms with Gasteiger partial charge in [-0.2, -0.15) is 0 Å². The highest BCUT2D eigenvalue weighted by molar-refractivity contribution is 5.80. The fraction of sp³-hybridized carbons (Fsp3) is 0.500. The van der Waals surface area contributed by atoms with E-state index in [0.29, 0.717) is 25.3 Å². The summed E-state index contributed by atoms with van der Waals surface area (Å²) in [5.74, 6) is 0.122. The molecule has 1 saturated heterocycles. The van der Waals surface area contributed by atoms with E-state index in [2.05, 4.69) is 5.32 Å². The SMILES string of the molecule is CC(C)N1CC(CNC(=O)COc2ccc(F)cc2)CC1=O. The monoisotopic (exact) mass is 308 g/mol. The summed E-state index contributed by atoms with van der Waals surface area (Å²) in [6, 6.07) is 5.68. The van der Waals surface area contributed by atoms with E-state index in [9.17, 15) is 14.0 Å². The molecule has 22 heavy (non-hydrogen) atoms. The Hall–Kier alpha value is -2.11. The van der Waals surface area contributed by atoms with Crippen molar-refractivity contribution >= 4 is 11.8 Å². The Labute approximate surface area is 129 Å². The summed E-state index contributed by atoms with van der Waals surface area (Å²) in [4.78, 5) is 25.3. The number of rotatable bonds is 6. The third-order valence-corrected chi connectivity index (χ3v) is 3.63. The number of likely N-dealkylation sites (tertiary alicyclic amines) is 1. The third-order valence-electron chi connectivity index (χ3n) is 3.63. The number of nitrogens with zero attached hydrogens (tertiary/aromatic N) is 1. The van der Waals surface area contributed by atoms with Gasteiger partial charge in [-0.3, -0.25) is 9.59 Å². The highest BCUT2D eigenvalue weighted by Gasteiger charge is 2.31. The van der Waals surface area contributed by atoms with E-state index in [-0.39, 0.29) is 36.2 Å². The molecule has 0 spiro atoms. The first-order valence-electron chi connectivity index (χ1n) is 7.40. The molecule has 5 nitrogen and oxygen atoms in total. The van der Waals surface area contributed by atoms with Crippen LogP contribution in [0.25, 0.3) is 0 Å². The molecule has 0 radical (unpaired) electrons. The Morgan fingerprint density at radius 1 is 1.41 bits per heavy atom. The molecule has 0 saturated carbocycles. The van der Waals surface area contributed by atoms with Crippen molar-refractivity contribution in [3.8, 4) is 5.75 Å². The molecule has 1 unspecified atom stereocenters. The number of benzene rings is 1. The zero-order valence-corrected chi connectivity index (χ0v) is 12.8. The molecule has 1 aromatic rings. The van der Waals surface area contributed by atoms with Crippen LogP contribution >= 0.6 is 0 Å². The molecule has 2 amide bonds. The van der Waals surface area contributed by atoms with Crippen molar-refractivity contribution < 1.29 is 18.7 Å². The van der Waals surface area contributed by atoms with Crippen LogP contribution in [-0.2, 0) is 9.59 Å². The van der Waals surface area contributed by atoms with Crippen LogP contribution < -0.4 is 10.1 Å². The van der Waals surface area contributed by atoms with E-state index >= 15 is 0 Å². The average molecular weight is 308 g/mol. The molecule has 0 aromatic heterocycles. The minimum Gasteiger partial charge on any atom is -0.484 e. The summed E-state index contributed by atoms with van der Waals surface area (Å²) in [7, 11) is 0. The number of hydrogen-bond donors (Lipinski definition) is 1. The van der Waals surface area contributed by atoms with Gasteiger partial charge in [0, 0.05) is 31.5 Å². The number of carbonyl (C=O) groups excluding carboxylic acids is 2. The number of halogens is 1. The van der Waals surface area contributed by atoms with E-state index in [4.69, 9.17) is 4.74 Å². The van der Waals surface area contributed by atoms with Crippen LogP contribution in [0.15, 0.2) is 24.3 Å². The molecule has 0 bridgehead atoms. The van der Waals surface area contributed by atoms with Crippen LogP contribution in [-0.4, -0.2) is 42.5 Å². The summed E-state index contributed by atoms with van der Waals surface area (Å²) in [6.07, 6.45) is 0.470. The number of carbonyl (C=O) groups is 2. The second-order valence-electron chi connectivity index (χ2n) is 5.76. The molecule has 1 aliphatic heterocycles. The topological polar surface area (TPSA) is 58.6 Å². The van der Waals surface area contributed by atoms with Crippen LogP contribution in [0.5, 0.6) is 5.75 Å². The standard InChI is InChI=1S/C16H21FN2O3/c1-11(2)19-9-12(7-16(19)21)8-18-15(20)10-22-14-5-3-13(17)4-6-14/h3-6,11-12H,7-10H2,1-2H3,(H,18,20). The van der Waals surface area contributed by atoms with Crippen molar-refractivity contribution in [2.24, 2.45) is 5.92 Å². The van der Waals surface area contributed by atoms with Crippen LogP contribution in [0.4, 0.5) is 4.39 Å². The van der Waals surface area contributed by atoms with Crippen LogP contribution in [0.2, 0.25) is 0 Å². The lowest BCUT2D eigenvalue weighted by atomic mass is 10.1. The Morgan fingerprint density at radius 2 is 2.09 bits per heavy atom. The number of ether oxygens (including phenoxy) is 1. The summed E-state index contributed by atoms with van der Waals surface area (Å²) in [5, 5.41) is 2.77. The lowest BCUT2D eigenvalue weighted by Crippen LogP contribution is -2.35. The fourth-order valence-corrected chi connectivity index (χ4v) is 2.43. The maximum atomic E-state index is 12.7. The molecule has 1 aliphatic rings. The highest BCUT2D eigenvalue weighted by atomic mass is 19.1. The quantitative estimate of drug-likeness (QED) is 0.868. The van der Waals surface area contributed by atoms with E-state index in [0.717, 1.165) is 0 Å². The van der Waals surface area contributed by atoms with Crippen LogP contribution in [0, 0.1) is 11.7 Å². The molecule has 6 heteroatoms. The maximum Gasteiger partial charge on any atom is 0.257 e. The lowest BCUT2D eigenvalue weighted by molar-refractivity contribution is -0.129. The fourth-order valence-electron chi connectivity index (χ4n) is 2.43. The number of amides is 2. The van der Waals surface area contributed by atoms with Crippen molar-refractivity contribution in [3.05, 3.63) is 30.1 Å². The smallest absolute Gasteiger partial charge is 0.257 e. The van der Waals surface area contributed by atoms with Gasteiger partial charge in [0.1, 0.15) is 11.6 Å². The minimum atomic E-state index is -0.350. The summed E-state index contributed by atoms with van der Waals surface area (Å²) in [5.41, 5.74) is 0. The van der Waals surface area contributed by atoms with Crippen molar-refractivity contribution in [2.75, 3.05) is 19.7 Å². The van der Waals surface area contributed by atoms with E-state index in [1.165, 1.54) is 24.3 Å².